The Labute approximate surface area is 103 Å². The maximum atomic E-state index is 6.82. The molecule has 0 aliphatic carbocycles. The van der Waals surface area contributed by atoms with Gasteiger partial charge < -0.3 is 5.73 Å². The van der Waals surface area contributed by atoms with E-state index in [2.05, 4.69) is 10.2 Å². The van der Waals surface area contributed by atoms with Crippen LogP contribution in [0.25, 0.3) is 0 Å². The van der Waals surface area contributed by atoms with Gasteiger partial charge >= 0.3 is 0 Å². The molecule has 82 valence electrons. The average Bonchev–Trinajstić information content (AvgIpc) is 2.09. The highest BCUT2D eigenvalue weighted by atomic mass is 35.5. The van der Waals surface area contributed by atoms with E-state index in [0.29, 0.717) is 15.6 Å². The van der Waals surface area contributed by atoms with Gasteiger partial charge in [0.25, 0.3) is 0 Å². The molecule has 0 aromatic heterocycles. The highest BCUT2D eigenvalue weighted by Gasteiger charge is 2.03. The van der Waals surface area contributed by atoms with Crippen molar-refractivity contribution in [1.29, 1.82) is 5.41 Å². The van der Waals surface area contributed by atoms with Crippen LogP contribution in [0.2, 0.25) is 10.0 Å². The predicted molar refractivity (Wildman–Crippen MR) is 64.2 cm³/mol. The van der Waals surface area contributed by atoms with Gasteiger partial charge in [-0.15, -0.1) is 17.5 Å². The summed E-state index contributed by atoms with van der Waals surface area (Å²) < 4.78 is 0. The first-order chi connectivity index (χ1) is 6.61. The van der Waals surface area contributed by atoms with Gasteiger partial charge in [0.1, 0.15) is 0 Å². The molecule has 0 radical (unpaired) electrons. The fraction of sp³-hybridized carbons (Fsp3) is 0.125. The molecule has 0 aliphatic rings. The van der Waals surface area contributed by atoms with Gasteiger partial charge in [-0.1, -0.05) is 29.3 Å². The van der Waals surface area contributed by atoms with E-state index in [1.807, 2.05) is 0 Å². The first kappa shape index (κ1) is 14.2. The molecule has 0 atom stereocenters. The lowest BCUT2D eigenvalue weighted by Gasteiger charge is -2.01. The zero-order valence-electron chi connectivity index (χ0n) is 7.58. The molecular formula is C8H9Cl3N4. The third kappa shape index (κ3) is 4.46. The topological polar surface area (TPSA) is 74.6 Å². The molecule has 3 N–H and O–H groups in total. The minimum atomic E-state index is -0.340. The molecule has 7 heteroatoms. The fourth-order valence-electron chi connectivity index (χ4n) is 0.866. The van der Waals surface area contributed by atoms with Crippen LogP contribution in [0.5, 0.6) is 0 Å². The Balaban J connectivity index is 0.00000196. The van der Waals surface area contributed by atoms with Gasteiger partial charge in [0.2, 0.25) is 5.96 Å². The predicted octanol–water partition coefficient (Wildman–Crippen LogP) is 3.26. The highest BCUT2D eigenvalue weighted by molar-refractivity contribution is 6.35. The highest BCUT2D eigenvalue weighted by Crippen LogP contribution is 2.24. The smallest absolute Gasteiger partial charge is 0.232 e. The summed E-state index contributed by atoms with van der Waals surface area (Å²) in [5.41, 5.74) is 5.67. The number of azo groups is 1. The Morgan fingerprint density at radius 1 is 1.33 bits per heavy atom. The largest absolute Gasteiger partial charge is 0.367 e. The molecule has 0 heterocycles. The average molecular weight is 268 g/mol. The summed E-state index contributed by atoms with van der Waals surface area (Å²) in [6.45, 7) is 0.220. The van der Waals surface area contributed by atoms with Crippen LogP contribution in [0, 0.1) is 5.41 Å². The zero-order chi connectivity index (χ0) is 10.6. The molecule has 1 aromatic rings. The standard InChI is InChI=1S/C8H8Cl2N4.ClH/c9-6-2-1-3-7(10)5(6)4-13-14-8(11)12;/h1-3H,4H2,(H3,11,12);1H. The molecule has 1 aromatic carbocycles. The third-order valence-corrected chi connectivity index (χ3v) is 2.18. The van der Waals surface area contributed by atoms with Crippen LogP contribution in [0.3, 0.4) is 0 Å². The van der Waals surface area contributed by atoms with Gasteiger partial charge in [-0.2, -0.15) is 5.11 Å². The van der Waals surface area contributed by atoms with Crippen molar-refractivity contribution >= 4 is 41.6 Å². The summed E-state index contributed by atoms with van der Waals surface area (Å²) in [6.07, 6.45) is 0. The molecule has 4 nitrogen and oxygen atoms in total. The van der Waals surface area contributed by atoms with E-state index in [1.165, 1.54) is 0 Å². The summed E-state index contributed by atoms with van der Waals surface area (Å²) in [6, 6.07) is 5.17. The molecule has 1 rings (SSSR count). The molecule has 0 saturated heterocycles. The number of guanidine groups is 1. The molecule has 0 aliphatic heterocycles. The van der Waals surface area contributed by atoms with Crippen molar-refractivity contribution in [1.82, 2.24) is 0 Å². The molecule has 15 heavy (non-hydrogen) atoms. The minimum absolute atomic E-state index is 0. The van der Waals surface area contributed by atoms with Crippen molar-refractivity contribution in [2.24, 2.45) is 16.0 Å². The van der Waals surface area contributed by atoms with E-state index in [4.69, 9.17) is 34.3 Å². The van der Waals surface area contributed by atoms with Gasteiger partial charge in [-0.05, 0) is 12.1 Å². The maximum Gasteiger partial charge on any atom is 0.232 e. The first-order valence-corrected chi connectivity index (χ1v) is 4.51. The second-order valence-corrected chi connectivity index (χ2v) is 3.30. The Morgan fingerprint density at radius 3 is 2.33 bits per heavy atom. The van der Waals surface area contributed by atoms with Gasteiger partial charge in [0, 0.05) is 15.6 Å². The lowest BCUT2D eigenvalue weighted by Crippen LogP contribution is -2.03. The lowest BCUT2D eigenvalue weighted by molar-refractivity contribution is 0.964. The second kappa shape index (κ2) is 6.61. The number of hydrogen-bond acceptors (Lipinski definition) is 2. The second-order valence-electron chi connectivity index (χ2n) is 2.48. The van der Waals surface area contributed by atoms with Crippen LogP contribution in [-0.4, -0.2) is 5.96 Å². The third-order valence-electron chi connectivity index (χ3n) is 1.47. The van der Waals surface area contributed by atoms with Crippen LogP contribution in [0.1, 0.15) is 5.56 Å². The minimum Gasteiger partial charge on any atom is -0.367 e. The van der Waals surface area contributed by atoms with Gasteiger partial charge in [-0.3, -0.25) is 5.41 Å². The zero-order valence-corrected chi connectivity index (χ0v) is 9.90. The van der Waals surface area contributed by atoms with Crippen molar-refractivity contribution in [2.45, 2.75) is 6.54 Å². The number of hydrogen-bond donors (Lipinski definition) is 2. The van der Waals surface area contributed by atoms with Crippen molar-refractivity contribution in [3.63, 3.8) is 0 Å². The van der Waals surface area contributed by atoms with Gasteiger partial charge in [-0.25, -0.2) is 0 Å². The number of rotatable bonds is 2. The fourth-order valence-corrected chi connectivity index (χ4v) is 1.38. The van der Waals surface area contributed by atoms with Crippen molar-refractivity contribution in [3.05, 3.63) is 33.8 Å². The number of benzene rings is 1. The van der Waals surface area contributed by atoms with Gasteiger partial charge in [0.15, 0.2) is 0 Å². The summed E-state index contributed by atoms with van der Waals surface area (Å²) in [4.78, 5) is 0. The van der Waals surface area contributed by atoms with Crippen molar-refractivity contribution < 1.29 is 0 Å². The molecule has 0 amide bonds. The van der Waals surface area contributed by atoms with Gasteiger partial charge in [0.05, 0.1) is 6.54 Å². The van der Waals surface area contributed by atoms with Crippen LogP contribution >= 0.6 is 35.6 Å². The van der Waals surface area contributed by atoms with E-state index < -0.39 is 0 Å². The summed E-state index contributed by atoms with van der Waals surface area (Å²) in [5.74, 6) is -0.340. The van der Waals surface area contributed by atoms with E-state index >= 15 is 0 Å². The Kier molecular flexibility index (Phi) is 6.24. The van der Waals surface area contributed by atoms with Crippen molar-refractivity contribution in [3.8, 4) is 0 Å². The molecular weight excluding hydrogens is 258 g/mol. The normalized spacial score (nSPS) is 10.0. The lowest BCUT2D eigenvalue weighted by atomic mass is 10.2. The molecule has 0 spiro atoms. The first-order valence-electron chi connectivity index (χ1n) is 3.75. The van der Waals surface area contributed by atoms with Crippen LogP contribution in [0.4, 0.5) is 0 Å². The number of nitrogens with one attached hydrogen (secondary N) is 1. The Morgan fingerprint density at radius 2 is 1.87 bits per heavy atom. The van der Waals surface area contributed by atoms with E-state index in [0.717, 1.165) is 0 Å². The summed E-state index contributed by atoms with van der Waals surface area (Å²) >= 11 is 11.7. The maximum absolute atomic E-state index is 6.82. The van der Waals surface area contributed by atoms with E-state index in [1.54, 1.807) is 18.2 Å². The van der Waals surface area contributed by atoms with Crippen molar-refractivity contribution in [2.75, 3.05) is 0 Å². The molecule has 0 fully saturated rings. The quantitative estimate of drug-likeness (QED) is 0.482. The van der Waals surface area contributed by atoms with Crippen LogP contribution < -0.4 is 5.73 Å². The number of nitrogens with zero attached hydrogens (tertiary/aromatic N) is 2. The number of halogens is 3. The van der Waals surface area contributed by atoms with Crippen LogP contribution in [0.15, 0.2) is 28.4 Å². The molecule has 0 saturated carbocycles. The van der Waals surface area contributed by atoms with Crippen LogP contribution in [-0.2, 0) is 6.54 Å². The Bertz CT molecular complexity index is 358. The molecule has 0 unspecified atom stereocenters. The summed E-state index contributed by atoms with van der Waals surface area (Å²) in [5, 5.41) is 14.9. The molecule has 0 bridgehead atoms. The SMILES string of the molecule is Cl.N=C(N)N=NCc1c(Cl)cccc1Cl. The summed E-state index contributed by atoms with van der Waals surface area (Å²) in [7, 11) is 0. The van der Waals surface area contributed by atoms with E-state index in [9.17, 15) is 0 Å². The Hall–Kier alpha value is -0.840. The van der Waals surface area contributed by atoms with E-state index in [-0.39, 0.29) is 24.9 Å². The monoisotopic (exact) mass is 266 g/mol. The number of nitrogens with two attached hydrogens (primary N) is 1.